The van der Waals surface area contributed by atoms with Crippen molar-refractivity contribution in [3.8, 4) is 0 Å². The van der Waals surface area contributed by atoms with E-state index in [1.54, 1.807) is 18.3 Å². The van der Waals surface area contributed by atoms with E-state index in [1.165, 1.54) is 6.07 Å². The molecular formula is C14H17FN2O. The van der Waals surface area contributed by atoms with Gasteiger partial charge in [0.05, 0.1) is 12.7 Å². The van der Waals surface area contributed by atoms with Crippen LogP contribution >= 0.6 is 0 Å². The summed E-state index contributed by atoms with van der Waals surface area (Å²) in [7, 11) is 0. The molecule has 0 spiro atoms. The van der Waals surface area contributed by atoms with Crippen molar-refractivity contribution in [2.24, 2.45) is 0 Å². The molecule has 1 atom stereocenters. The average molecular weight is 248 g/mol. The Balaban J connectivity index is 1.96. The summed E-state index contributed by atoms with van der Waals surface area (Å²) in [6.45, 7) is 4.43. The SMILES string of the molecule is CCc1cnc(CNC(C)c2ccccc2F)o1. The van der Waals surface area contributed by atoms with Gasteiger partial charge in [-0.2, -0.15) is 0 Å². The lowest BCUT2D eigenvalue weighted by atomic mass is 10.1. The van der Waals surface area contributed by atoms with Gasteiger partial charge in [0.15, 0.2) is 0 Å². The van der Waals surface area contributed by atoms with Gasteiger partial charge in [-0.05, 0) is 13.0 Å². The number of oxazole rings is 1. The smallest absolute Gasteiger partial charge is 0.208 e. The van der Waals surface area contributed by atoms with Crippen molar-refractivity contribution in [2.45, 2.75) is 32.9 Å². The molecule has 0 saturated carbocycles. The van der Waals surface area contributed by atoms with Gasteiger partial charge in [0, 0.05) is 18.0 Å². The van der Waals surface area contributed by atoms with Gasteiger partial charge >= 0.3 is 0 Å². The normalized spacial score (nSPS) is 12.6. The van der Waals surface area contributed by atoms with Gasteiger partial charge < -0.3 is 9.73 Å². The molecule has 0 aliphatic rings. The van der Waals surface area contributed by atoms with Crippen molar-refractivity contribution in [3.05, 3.63) is 53.5 Å². The predicted octanol–water partition coefficient (Wildman–Crippen LogP) is 3.23. The summed E-state index contributed by atoms with van der Waals surface area (Å²) < 4.78 is 19.0. The summed E-state index contributed by atoms with van der Waals surface area (Å²) in [5, 5.41) is 3.20. The van der Waals surface area contributed by atoms with Crippen LogP contribution in [0.15, 0.2) is 34.9 Å². The Bertz CT molecular complexity index is 510. The van der Waals surface area contributed by atoms with E-state index in [0.29, 0.717) is 18.0 Å². The Hall–Kier alpha value is -1.68. The zero-order chi connectivity index (χ0) is 13.0. The van der Waals surface area contributed by atoms with Gasteiger partial charge in [-0.3, -0.25) is 0 Å². The third kappa shape index (κ3) is 2.96. The molecule has 0 amide bonds. The molecule has 3 nitrogen and oxygen atoms in total. The average Bonchev–Trinajstić information content (AvgIpc) is 2.84. The Kier molecular flexibility index (Phi) is 4.10. The van der Waals surface area contributed by atoms with Crippen LogP contribution in [0, 0.1) is 5.82 Å². The summed E-state index contributed by atoms with van der Waals surface area (Å²) in [6, 6.07) is 6.68. The largest absolute Gasteiger partial charge is 0.444 e. The van der Waals surface area contributed by atoms with Crippen LogP contribution in [0.3, 0.4) is 0 Å². The van der Waals surface area contributed by atoms with Crippen molar-refractivity contribution in [3.63, 3.8) is 0 Å². The molecule has 0 aliphatic heterocycles. The van der Waals surface area contributed by atoms with E-state index in [0.717, 1.165) is 12.2 Å². The van der Waals surface area contributed by atoms with Gasteiger partial charge in [0.1, 0.15) is 11.6 Å². The lowest BCUT2D eigenvalue weighted by molar-refractivity contribution is 0.420. The molecule has 0 bridgehead atoms. The first kappa shape index (κ1) is 12.8. The number of halogens is 1. The molecular weight excluding hydrogens is 231 g/mol. The number of nitrogens with one attached hydrogen (secondary N) is 1. The second-order valence-electron chi connectivity index (χ2n) is 4.20. The summed E-state index contributed by atoms with van der Waals surface area (Å²) in [5.41, 5.74) is 0.653. The quantitative estimate of drug-likeness (QED) is 0.882. The van der Waals surface area contributed by atoms with Crippen molar-refractivity contribution in [2.75, 3.05) is 0 Å². The Morgan fingerprint density at radius 1 is 1.39 bits per heavy atom. The molecule has 1 aromatic heterocycles. The highest BCUT2D eigenvalue weighted by Crippen LogP contribution is 2.16. The van der Waals surface area contributed by atoms with E-state index in [2.05, 4.69) is 10.3 Å². The molecule has 2 aromatic rings. The van der Waals surface area contributed by atoms with Gasteiger partial charge in [-0.15, -0.1) is 0 Å². The van der Waals surface area contributed by atoms with Crippen LogP contribution in [0.4, 0.5) is 4.39 Å². The summed E-state index contributed by atoms with van der Waals surface area (Å²) in [4.78, 5) is 4.15. The molecule has 0 fully saturated rings. The van der Waals surface area contributed by atoms with Crippen molar-refractivity contribution >= 4 is 0 Å². The van der Waals surface area contributed by atoms with E-state index in [4.69, 9.17) is 4.42 Å². The minimum atomic E-state index is -0.195. The molecule has 1 N–H and O–H groups in total. The molecule has 1 unspecified atom stereocenters. The van der Waals surface area contributed by atoms with Crippen molar-refractivity contribution in [1.82, 2.24) is 10.3 Å². The zero-order valence-electron chi connectivity index (χ0n) is 10.6. The van der Waals surface area contributed by atoms with Crippen molar-refractivity contribution in [1.29, 1.82) is 0 Å². The summed E-state index contributed by atoms with van der Waals surface area (Å²) in [6.07, 6.45) is 2.56. The molecule has 96 valence electrons. The highest BCUT2D eigenvalue weighted by Gasteiger charge is 2.10. The standard InChI is InChI=1S/C14H17FN2O/c1-3-11-8-17-14(18-11)9-16-10(2)12-6-4-5-7-13(12)15/h4-8,10,16H,3,9H2,1-2H3. The summed E-state index contributed by atoms with van der Waals surface area (Å²) >= 11 is 0. The van der Waals surface area contributed by atoms with Crippen LogP contribution in [0.1, 0.15) is 37.1 Å². The van der Waals surface area contributed by atoms with Crippen LogP contribution in [0.25, 0.3) is 0 Å². The zero-order valence-corrected chi connectivity index (χ0v) is 10.6. The molecule has 2 rings (SSSR count). The van der Waals surface area contributed by atoms with E-state index >= 15 is 0 Å². The molecule has 4 heteroatoms. The third-order valence-electron chi connectivity index (χ3n) is 2.88. The molecule has 18 heavy (non-hydrogen) atoms. The predicted molar refractivity (Wildman–Crippen MR) is 67.5 cm³/mol. The molecule has 1 aromatic carbocycles. The maximum absolute atomic E-state index is 13.5. The van der Waals surface area contributed by atoms with Crippen LogP contribution < -0.4 is 5.32 Å². The number of nitrogens with zero attached hydrogens (tertiary/aromatic N) is 1. The van der Waals surface area contributed by atoms with Crippen LogP contribution in [-0.2, 0) is 13.0 Å². The number of aryl methyl sites for hydroxylation is 1. The van der Waals surface area contributed by atoms with E-state index in [9.17, 15) is 4.39 Å². The highest BCUT2D eigenvalue weighted by molar-refractivity contribution is 5.20. The number of hydrogen-bond donors (Lipinski definition) is 1. The fourth-order valence-electron chi connectivity index (χ4n) is 1.77. The highest BCUT2D eigenvalue weighted by atomic mass is 19.1. The van der Waals surface area contributed by atoms with E-state index in [-0.39, 0.29) is 11.9 Å². The first-order chi connectivity index (χ1) is 8.70. The lowest BCUT2D eigenvalue weighted by Gasteiger charge is -2.13. The second kappa shape index (κ2) is 5.78. The molecule has 0 aliphatic carbocycles. The van der Waals surface area contributed by atoms with Crippen molar-refractivity contribution < 1.29 is 8.81 Å². The Labute approximate surface area is 106 Å². The Morgan fingerprint density at radius 2 is 2.17 bits per heavy atom. The molecule has 0 saturated heterocycles. The second-order valence-corrected chi connectivity index (χ2v) is 4.20. The number of rotatable bonds is 5. The monoisotopic (exact) mass is 248 g/mol. The van der Waals surface area contributed by atoms with Crippen LogP contribution in [0.2, 0.25) is 0 Å². The number of hydrogen-bond acceptors (Lipinski definition) is 3. The molecule has 0 radical (unpaired) electrons. The van der Waals surface area contributed by atoms with Gasteiger partial charge in [-0.25, -0.2) is 9.37 Å². The third-order valence-corrected chi connectivity index (χ3v) is 2.88. The van der Waals surface area contributed by atoms with E-state index < -0.39 is 0 Å². The van der Waals surface area contributed by atoms with E-state index in [1.807, 2.05) is 19.9 Å². The number of aromatic nitrogens is 1. The first-order valence-corrected chi connectivity index (χ1v) is 6.12. The maximum atomic E-state index is 13.5. The van der Waals surface area contributed by atoms with Gasteiger partial charge in [0.2, 0.25) is 5.89 Å². The lowest BCUT2D eigenvalue weighted by Crippen LogP contribution is -2.19. The van der Waals surface area contributed by atoms with Gasteiger partial charge in [-0.1, -0.05) is 25.1 Å². The number of benzene rings is 1. The van der Waals surface area contributed by atoms with Crippen LogP contribution in [-0.4, -0.2) is 4.98 Å². The maximum Gasteiger partial charge on any atom is 0.208 e. The fourth-order valence-corrected chi connectivity index (χ4v) is 1.77. The first-order valence-electron chi connectivity index (χ1n) is 6.12. The topological polar surface area (TPSA) is 38.1 Å². The Morgan fingerprint density at radius 3 is 2.83 bits per heavy atom. The fraction of sp³-hybridized carbons (Fsp3) is 0.357. The van der Waals surface area contributed by atoms with Crippen LogP contribution in [0.5, 0.6) is 0 Å². The minimum absolute atomic E-state index is 0.0804. The van der Waals surface area contributed by atoms with Gasteiger partial charge in [0.25, 0.3) is 0 Å². The summed E-state index contributed by atoms with van der Waals surface area (Å²) in [5.74, 6) is 1.31. The minimum Gasteiger partial charge on any atom is -0.444 e. The molecule has 1 heterocycles.